The van der Waals surface area contributed by atoms with Gasteiger partial charge in [-0.3, -0.25) is 9.78 Å². The van der Waals surface area contributed by atoms with Gasteiger partial charge in [-0.05, 0) is 50.3 Å². The van der Waals surface area contributed by atoms with Crippen LogP contribution < -0.4 is 10.2 Å². The standard InChI is InChI=1S/C27H34N4O5/c1-2-35-25(33)29-27(11-16-30(17-12-27)23-8-13-28-14-9-23)18-22-10-15-31(19-24(22)32)26(34)36-20-21-6-4-3-5-7-21/h3-9,13-14,22H,2,10-12,15-20H2,1H3,(H,29,33). The molecule has 3 heterocycles. The van der Waals surface area contributed by atoms with Gasteiger partial charge in [0.1, 0.15) is 6.61 Å². The van der Waals surface area contributed by atoms with Gasteiger partial charge in [-0.2, -0.15) is 0 Å². The molecule has 2 aliphatic heterocycles. The lowest BCUT2D eigenvalue weighted by molar-refractivity contribution is -0.127. The summed E-state index contributed by atoms with van der Waals surface area (Å²) in [7, 11) is 0. The van der Waals surface area contributed by atoms with Crippen molar-refractivity contribution in [1.82, 2.24) is 15.2 Å². The van der Waals surface area contributed by atoms with Crippen molar-refractivity contribution in [3.63, 3.8) is 0 Å². The smallest absolute Gasteiger partial charge is 0.410 e. The van der Waals surface area contributed by atoms with Crippen molar-refractivity contribution in [2.24, 2.45) is 5.92 Å². The summed E-state index contributed by atoms with van der Waals surface area (Å²) < 4.78 is 10.6. The summed E-state index contributed by atoms with van der Waals surface area (Å²) in [6.45, 7) is 4.19. The van der Waals surface area contributed by atoms with Crippen LogP contribution in [-0.4, -0.2) is 66.2 Å². The maximum absolute atomic E-state index is 13.1. The summed E-state index contributed by atoms with van der Waals surface area (Å²) in [5, 5.41) is 3.09. The minimum Gasteiger partial charge on any atom is -0.450 e. The number of aromatic nitrogens is 1. The maximum atomic E-state index is 13.1. The Labute approximate surface area is 211 Å². The van der Waals surface area contributed by atoms with Gasteiger partial charge >= 0.3 is 12.2 Å². The van der Waals surface area contributed by atoms with Gasteiger partial charge in [0.25, 0.3) is 0 Å². The number of piperidine rings is 2. The first kappa shape index (κ1) is 25.5. The maximum Gasteiger partial charge on any atom is 0.410 e. The van der Waals surface area contributed by atoms with E-state index < -0.39 is 17.7 Å². The Balaban J connectivity index is 1.35. The van der Waals surface area contributed by atoms with E-state index in [2.05, 4.69) is 15.2 Å². The lowest BCUT2D eigenvalue weighted by Gasteiger charge is -2.45. The topological polar surface area (TPSA) is 101 Å². The molecule has 1 atom stereocenters. The zero-order chi connectivity index (χ0) is 25.4. The third-order valence-corrected chi connectivity index (χ3v) is 7.04. The average molecular weight is 495 g/mol. The predicted molar refractivity (Wildman–Crippen MR) is 135 cm³/mol. The first-order chi connectivity index (χ1) is 17.5. The average Bonchev–Trinajstić information content (AvgIpc) is 2.90. The number of alkyl carbamates (subject to hydrolysis) is 1. The van der Waals surface area contributed by atoms with E-state index >= 15 is 0 Å². The molecule has 0 aliphatic carbocycles. The molecule has 0 saturated carbocycles. The number of nitrogens with zero attached hydrogens (tertiary/aromatic N) is 3. The molecule has 9 nitrogen and oxygen atoms in total. The number of hydrogen-bond donors (Lipinski definition) is 1. The summed E-state index contributed by atoms with van der Waals surface area (Å²) in [5.41, 5.74) is 1.46. The first-order valence-corrected chi connectivity index (χ1v) is 12.6. The molecule has 2 fully saturated rings. The number of rotatable bonds is 7. The predicted octanol–water partition coefficient (Wildman–Crippen LogP) is 3.78. The summed E-state index contributed by atoms with van der Waals surface area (Å²) in [4.78, 5) is 45.9. The van der Waals surface area contributed by atoms with Crippen molar-refractivity contribution < 1.29 is 23.9 Å². The largest absolute Gasteiger partial charge is 0.450 e. The second-order valence-electron chi connectivity index (χ2n) is 9.44. The van der Waals surface area contributed by atoms with E-state index in [0.29, 0.717) is 32.2 Å². The summed E-state index contributed by atoms with van der Waals surface area (Å²) >= 11 is 0. The molecule has 1 aromatic heterocycles. The molecule has 2 aliphatic rings. The normalized spacial score (nSPS) is 19.5. The monoisotopic (exact) mass is 494 g/mol. The van der Waals surface area contributed by atoms with Gasteiger partial charge in [-0.15, -0.1) is 0 Å². The highest BCUT2D eigenvalue weighted by Gasteiger charge is 2.42. The van der Waals surface area contributed by atoms with Gasteiger partial charge < -0.3 is 24.6 Å². The van der Waals surface area contributed by atoms with Gasteiger partial charge in [-0.25, -0.2) is 9.59 Å². The minimum atomic E-state index is -0.536. The van der Waals surface area contributed by atoms with E-state index in [9.17, 15) is 14.4 Å². The second kappa shape index (κ2) is 11.9. The van der Waals surface area contributed by atoms with Gasteiger partial charge in [0.15, 0.2) is 5.78 Å². The lowest BCUT2D eigenvalue weighted by atomic mass is 9.76. The fourth-order valence-corrected chi connectivity index (χ4v) is 5.03. The number of pyridine rings is 1. The number of benzene rings is 1. The Morgan fingerprint density at radius 3 is 2.44 bits per heavy atom. The van der Waals surface area contributed by atoms with E-state index in [-0.39, 0.29) is 31.5 Å². The number of amides is 2. The Hall–Kier alpha value is -3.62. The number of carbonyl (C=O) groups is 3. The van der Waals surface area contributed by atoms with Crippen LogP contribution in [0.3, 0.4) is 0 Å². The molecular weight excluding hydrogens is 460 g/mol. The summed E-state index contributed by atoms with van der Waals surface area (Å²) in [6, 6.07) is 13.4. The molecule has 1 N–H and O–H groups in total. The van der Waals surface area contributed by atoms with Crippen molar-refractivity contribution in [3.05, 3.63) is 60.4 Å². The SMILES string of the molecule is CCOC(=O)NC1(CC2CCN(C(=O)OCc3ccccc3)CC2=O)CCN(c2ccncc2)CC1. The van der Waals surface area contributed by atoms with E-state index in [0.717, 1.165) is 24.3 Å². The fraction of sp³-hybridized carbons (Fsp3) is 0.481. The molecule has 2 aromatic rings. The number of ether oxygens (including phenoxy) is 2. The quantitative estimate of drug-likeness (QED) is 0.625. The molecule has 1 aromatic carbocycles. The summed E-state index contributed by atoms with van der Waals surface area (Å²) in [5.74, 6) is -0.239. The number of likely N-dealkylation sites (tertiary alicyclic amines) is 1. The Kier molecular flexibility index (Phi) is 8.40. The first-order valence-electron chi connectivity index (χ1n) is 12.6. The highest BCUT2D eigenvalue weighted by molar-refractivity contribution is 5.87. The molecule has 1 unspecified atom stereocenters. The third kappa shape index (κ3) is 6.53. The lowest BCUT2D eigenvalue weighted by Crippen LogP contribution is -2.58. The van der Waals surface area contributed by atoms with Crippen molar-refractivity contribution in [3.8, 4) is 0 Å². The molecule has 0 spiro atoms. The van der Waals surface area contributed by atoms with Gasteiger partial charge in [0.2, 0.25) is 0 Å². The zero-order valence-electron chi connectivity index (χ0n) is 20.7. The highest BCUT2D eigenvalue weighted by atomic mass is 16.6. The number of ketones is 1. The van der Waals surface area contributed by atoms with Gasteiger partial charge in [0.05, 0.1) is 13.2 Å². The number of Topliss-reactive ketones (excluding diaryl/α,β-unsaturated/α-hetero) is 1. The third-order valence-electron chi connectivity index (χ3n) is 7.04. The molecule has 0 radical (unpaired) electrons. The number of carbonyl (C=O) groups excluding carboxylic acids is 3. The van der Waals surface area contributed by atoms with E-state index in [4.69, 9.17) is 9.47 Å². The van der Waals surface area contributed by atoms with Crippen molar-refractivity contribution in [2.45, 2.75) is 44.8 Å². The highest BCUT2D eigenvalue weighted by Crippen LogP contribution is 2.34. The fourth-order valence-electron chi connectivity index (χ4n) is 5.03. The molecule has 192 valence electrons. The molecule has 2 saturated heterocycles. The Morgan fingerprint density at radius 1 is 1.06 bits per heavy atom. The number of anilines is 1. The second-order valence-corrected chi connectivity index (χ2v) is 9.44. The van der Waals surface area contributed by atoms with Crippen LogP contribution in [0.2, 0.25) is 0 Å². The van der Waals surface area contributed by atoms with Crippen LogP contribution in [0, 0.1) is 5.92 Å². The molecule has 36 heavy (non-hydrogen) atoms. The van der Waals surface area contributed by atoms with Crippen molar-refractivity contribution in [2.75, 3.05) is 37.7 Å². The molecule has 0 bridgehead atoms. The summed E-state index contributed by atoms with van der Waals surface area (Å²) in [6.07, 6.45) is 5.07. The minimum absolute atomic E-state index is 0.000455. The van der Waals surface area contributed by atoms with Gasteiger partial charge in [0, 0.05) is 49.2 Å². The zero-order valence-corrected chi connectivity index (χ0v) is 20.7. The number of nitrogens with one attached hydrogen (secondary N) is 1. The van der Waals surface area contributed by atoms with E-state index in [1.165, 1.54) is 4.90 Å². The Bertz CT molecular complexity index is 1020. The van der Waals surface area contributed by atoms with E-state index in [1.807, 2.05) is 42.5 Å². The van der Waals surface area contributed by atoms with Crippen molar-refractivity contribution >= 4 is 23.7 Å². The van der Waals surface area contributed by atoms with Crippen LogP contribution in [0.4, 0.5) is 15.3 Å². The van der Waals surface area contributed by atoms with Crippen LogP contribution in [-0.2, 0) is 20.9 Å². The van der Waals surface area contributed by atoms with Crippen molar-refractivity contribution in [1.29, 1.82) is 0 Å². The van der Waals surface area contributed by atoms with Crippen LogP contribution in [0.5, 0.6) is 0 Å². The van der Waals surface area contributed by atoms with Gasteiger partial charge in [-0.1, -0.05) is 30.3 Å². The van der Waals surface area contributed by atoms with Crippen LogP contribution in [0.1, 0.15) is 38.2 Å². The van der Waals surface area contributed by atoms with Crippen LogP contribution >= 0.6 is 0 Å². The van der Waals surface area contributed by atoms with Crippen LogP contribution in [0.25, 0.3) is 0 Å². The Morgan fingerprint density at radius 2 is 1.78 bits per heavy atom. The molecule has 4 rings (SSSR count). The molecule has 9 heteroatoms. The molecular formula is C27H34N4O5. The number of hydrogen-bond acceptors (Lipinski definition) is 7. The van der Waals surface area contributed by atoms with Crippen LogP contribution in [0.15, 0.2) is 54.9 Å². The molecule has 2 amide bonds. The van der Waals surface area contributed by atoms with E-state index in [1.54, 1.807) is 19.3 Å².